The third-order valence-corrected chi connectivity index (χ3v) is 27.5. The van der Waals surface area contributed by atoms with Crippen LogP contribution < -0.4 is 19.6 Å². The van der Waals surface area contributed by atoms with Gasteiger partial charge in [-0.25, -0.2) is 0 Å². The van der Waals surface area contributed by atoms with Crippen molar-refractivity contribution in [1.82, 2.24) is 17.6 Å². The summed E-state index contributed by atoms with van der Waals surface area (Å²) in [6.45, 7) is 17.7. The van der Waals surface area contributed by atoms with Gasteiger partial charge in [-0.05, 0) is 281 Å². The van der Waals surface area contributed by atoms with Crippen molar-refractivity contribution < 1.29 is 0 Å². The molecule has 0 unspecified atom stereocenters. The number of aryl methyl sites for hydroxylation is 8. The molecule has 0 saturated carbocycles. The van der Waals surface area contributed by atoms with Gasteiger partial charge >= 0.3 is 0 Å². The van der Waals surface area contributed by atoms with E-state index in [-0.39, 0.29) is 0 Å². The third kappa shape index (κ3) is 9.96. The van der Waals surface area contributed by atoms with Gasteiger partial charge in [0, 0.05) is 154 Å². The summed E-state index contributed by atoms with van der Waals surface area (Å²) < 4.78 is 10.5. The lowest BCUT2D eigenvalue weighted by atomic mass is 9.92. The van der Waals surface area contributed by atoms with Gasteiger partial charge in [0.1, 0.15) is 0 Å². The van der Waals surface area contributed by atoms with Crippen molar-refractivity contribution in [2.75, 3.05) is 19.6 Å². The third-order valence-electron chi connectivity index (χ3n) is 27.5. The van der Waals surface area contributed by atoms with Crippen molar-refractivity contribution in [1.29, 1.82) is 0 Å². The van der Waals surface area contributed by atoms with E-state index in [1.54, 1.807) is 0 Å². The molecule has 0 atom stereocenters. The Balaban J connectivity index is 0.752. The summed E-state index contributed by atoms with van der Waals surface area (Å²) in [6.07, 6.45) is 0. The first-order valence-corrected chi connectivity index (χ1v) is 43.3. The smallest absolute Gasteiger partial charge is 0.0626 e. The number of hydrogen-bond acceptors (Lipinski definition) is 4. The fourth-order valence-electron chi connectivity index (χ4n) is 22.0. The summed E-state index contributed by atoms with van der Waals surface area (Å²) in [5, 5.41) is 19.6. The molecule has 0 aliphatic heterocycles. The average Bonchev–Trinajstić information content (AvgIpc) is 1.51. The Morgan fingerprint density at radius 1 is 0.153 bits per heavy atom. The fraction of sp³-hybridized carbons (Fsp3) is 0.0690. The zero-order chi connectivity index (χ0) is 82.5. The van der Waals surface area contributed by atoms with E-state index in [0.29, 0.717) is 0 Å². The van der Waals surface area contributed by atoms with Gasteiger partial charge in [-0.1, -0.05) is 182 Å². The van der Waals surface area contributed by atoms with Gasteiger partial charge in [-0.2, -0.15) is 0 Å². The molecule has 0 spiro atoms. The first kappa shape index (κ1) is 70.2. The van der Waals surface area contributed by atoms with Crippen LogP contribution in [0.15, 0.2) is 352 Å². The Kier molecular flexibility index (Phi) is 14.7. The largest absolute Gasteiger partial charge is 0.310 e. The summed E-state index contributed by atoms with van der Waals surface area (Å²) in [4.78, 5) is 9.74. The molecule has 0 N–H and O–H groups in total. The van der Waals surface area contributed by atoms with Crippen molar-refractivity contribution in [2.45, 2.75) is 55.4 Å². The van der Waals surface area contributed by atoms with Crippen molar-refractivity contribution in [2.24, 2.45) is 0 Å². The lowest BCUT2D eigenvalue weighted by molar-refractivity contribution is 1.25. The molecule has 18 aromatic carbocycles. The summed E-state index contributed by atoms with van der Waals surface area (Å²) >= 11 is 0. The molecule has 586 valence electrons. The van der Waals surface area contributed by atoms with Crippen molar-refractivity contribution in [3.8, 4) is 11.1 Å². The monoisotopic (exact) mass is 1590 g/mol. The number of hydrogen-bond donors (Lipinski definition) is 0. The number of fused-ring (bicyclic) bond motifs is 24. The molecule has 8 nitrogen and oxygen atoms in total. The maximum absolute atomic E-state index is 2.64. The van der Waals surface area contributed by atoms with E-state index < -0.39 is 0 Å². The van der Waals surface area contributed by atoms with Crippen molar-refractivity contribution >= 4 is 221 Å². The minimum absolute atomic E-state index is 1.08. The minimum Gasteiger partial charge on any atom is -0.310 e. The first-order valence-electron chi connectivity index (χ1n) is 43.3. The summed E-state index contributed by atoms with van der Waals surface area (Å²) in [5.74, 6) is 0. The molecule has 8 aromatic heterocycles. The van der Waals surface area contributed by atoms with Gasteiger partial charge in [-0.15, -0.1) is 0 Å². The molecule has 124 heavy (non-hydrogen) atoms. The van der Waals surface area contributed by atoms with E-state index >= 15 is 0 Å². The molecule has 0 bridgehead atoms. The van der Waals surface area contributed by atoms with Crippen LogP contribution in [0.4, 0.5) is 68.2 Å². The van der Waals surface area contributed by atoms with E-state index in [1.165, 1.54) is 197 Å². The van der Waals surface area contributed by atoms with Crippen LogP contribution in [-0.4, -0.2) is 17.6 Å². The second-order valence-electron chi connectivity index (χ2n) is 35.0. The van der Waals surface area contributed by atoms with E-state index in [0.717, 1.165) is 79.3 Å². The Morgan fingerprint density at radius 3 is 0.726 bits per heavy atom. The van der Waals surface area contributed by atoms with Crippen LogP contribution in [0.2, 0.25) is 0 Å². The van der Waals surface area contributed by atoms with Gasteiger partial charge in [-0.3, -0.25) is 0 Å². The Bertz CT molecular complexity index is 8940. The topological polar surface area (TPSA) is 30.6 Å². The number of nitrogens with zero attached hydrogens (tertiary/aromatic N) is 8. The van der Waals surface area contributed by atoms with Crippen molar-refractivity contribution in [3.63, 3.8) is 0 Å². The summed E-state index contributed by atoms with van der Waals surface area (Å²) in [5.41, 5.74) is 40.0. The van der Waals surface area contributed by atoms with Crippen LogP contribution in [0.5, 0.6) is 0 Å². The van der Waals surface area contributed by atoms with Crippen LogP contribution >= 0.6 is 0 Å². The van der Waals surface area contributed by atoms with Crippen LogP contribution in [0.1, 0.15) is 44.5 Å². The Hall–Kier alpha value is -15.6. The molecule has 8 heterocycles. The van der Waals surface area contributed by atoms with Crippen LogP contribution in [0.25, 0.3) is 164 Å². The lowest BCUT2D eigenvalue weighted by Crippen LogP contribution is -2.10. The molecular formula is C116H82N8. The number of anilines is 12. The normalized spacial score (nSPS) is 12.4. The van der Waals surface area contributed by atoms with Gasteiger partial charge in [0.2, 0.25) is 0 Å². The molecule has 0 fully saturated rings. The maximum atomic E-state index is 2.64. The molecule has 0 amide bonds. The number of aromatic nitrogens is 4. The maximum Gasteiger partial charge on any atom is 0.0626 e. The number of rotatable bonds is 13. The van der Waals surface area contributed by atoms with Crippen LogP contribution in [-0.2, 0) is 0 Å². The number of benzene rings is 18. The fourth-order valence-corrected chi connectivity index (χ4v) is 22.0. The van der Waals surface area contributed by atoms with Gasteiger partial charge < -0.3 is 37.2 Å². The zero-order valence-electron chi connectivity index (χ0n) is 70.1. The Morgan fingerprint density at radius 2 is 0.403 bits per heavy atom. The minimum atomic E-state index is 1.08. The highest BCUT2D eigenvalue weighted by molar-refractivity contribution is 6.35. The molecule has 26 rings (SSSR count). The van der Waals surface area contributed by atoms with E-state index in [1.807, 2.05) is 0 Å². The van der Waals surface area contributed by atoms with Crippen molar-refractivity contribution in [3.05, 3.63) is 396 Å². The summed E-state index contributed by atoms with van der Waals surface area (Å²) in [7, 11) is 0. The van der Waals surface area contributed by atoms with Crippen LogP contribution in [0.3, 0.4) is 0 Å². The molecular weight excluding hydrogens is 1510 g/mol. The quantitative estimate of drug-likeness (QED) is 0.115. The highest BCUT2D eigenvalue weighted by Gasteiger charge is 2.32. The van der Waals surface area contributed by atoms with Crippen LogP contribution in [0, 0.1) is 55.4 Å². The number of para-hydroxylation sites is 6. The zero-order valence-corrected chi connectivity index (χ0v) is 70.1. The molecule has 0 saturated heterocycles. The summed E-state index contributed by atoms with van der Waals surface area (Å²) in [6, 6.07) is 134. The van der Waals surface area contributed by atoms with Gasteiger partial charge in [0.25, 0.3) is 0 Å². The van der Waals surface area contributed by atoms with E-state index in [2.05, 4.69) is 444 Å². The highest BCUT2D eigenvalue weighted by Crippen LogP contribution is 2.55. The molecule has 26 aromatic rings. The molecule has 0 radical (unpaired) electrons. The standard InChI is InChI=1S/C116H82N8/c1-67-51-68(2)54-85(53-67)119(77-27-17-11-18-28-77)83-40-44-88-92-32-22-34-94-100-64-110-102(66-108(100)122(114(92)94)104(88)60-83)96-50-48-90(112-98-46-42-84(62-106(98)124(110)116(96)112)120(78-29-19-12-20-30-78)86-55-69(3)52-70(4)56-86)89-47-49-95-101-65-107-99(63-109(101)123-105-61-82(41-45-97(105)111(89)115(95)123)118(76-25-15-10-16-26-76)80-38-36-72(6)74(8)58-80)93-33-21-31-91-87-43-39-81(59-103(87)121(107)113(91)93)117(75-23-13-9-14-24-75)79-37-35-71(5)73(7)57-79/h9-66H,1-8H3. The predicted molar refractivity (Wildman–Crippen MR) is 527 cm³/mol. The average molecular weight is 1590 g/mol. The van der Waals surface area contributed by atoms with E-state index in [4.69, 9.17) is 0 Å². The van der Waals surface area contributed by atoms with E-state index in [9.17, 15) is 0 Å². The molecule has 8 heteroatoms. The molecule has 0 aliphatic carbocycles. The highest BCUT2D eigenvalue weighted by atomic mass is 15.2. The second kappa shape index (κ2) is 25.9. The SMILES string of the molecule is Cc1cc(C)cc(N(c2ccccc2)c2ccc3c4cccc5c6cc7c(cc6n(c3c2)c45)c2ccc(-c3ccc4c5cc6c(cc5n5c8cc(N(c9ccccc9)c9ccc(C)c(C)c9)ccc8c3c45)c3cccc4c5ccc(N(c8ccccc8)c8ccc(C)c(C)c8)cc5n6c43)c3c4ccc(N(c5ccccc5)c5cc(C)cc(C)c5)cc4n7c23)c1. The van der Waals surface area contributed by atoms with Gasteiger partial charge in [0.15, 0.2) is 0 Å². The lowest BCUT2D eigenvalue weighted by Gasteiger charge is -2.26. The van der Waals surface area contributed by atoms with Gasteiger partial charge in [0.05, 0.1) is 66.2 Å². The second-order valence-corrected chi connectivity index (χ2v) is 35.0. The first-order chi connectivity index (χ1) is 60.8. The predicted octanol–water partition coefficient (Wildman–Crippen LogP) is 32.3. The molecule has 0 aliphatic rings. The Labute approximate surface area is 715 Å².